The number of hydroxylamine groups is 3. The number of nitrogens with zero attached hydrogens (tertiary/aromatic N) is 4. The van der Waals surface area contributed by atoms with E-state index in [1.807, 2.05) is 0 Å². The molecule has 2 aromatic heterocycles. The summed E-state index contributed by atoms with van der Waals surface area (Å²) in [6.07, 6.45) is 1.80. The summed E-state index contributed by atoms with van der Waals surface area (Å²) < 4.78 is 16.6. The molecule has 1 atom stereocenters. The number of amidine groups is 1. The fourth-order valence-corrected chi connectivity index (χ4v) is 4.22. The Hall–Kier alpha value is -2.39. The third-order valence-corrected chi connectivity index (χ3v) is 5.51. The van der Waals surface area contributed by atoms with E-state index in [0.29, 0.717) is 55.2 Å². The van der Waals surface area contributed by atoms with Gasteiger partial charge in [-0.05, 0) is 6.07 Å². The van der Waals surface area contributed by atoms with Gasteiger partial charge in [-0.2, -0.15) is 9.97 Å². The predicted molar refractivity (Wildman–Crippen MR) is 89.0 cm³/mol. The summed E-state index contributed by atoms with van der Waals surface area (Å²) in [7, 11) is 1.55. The molecule has 6 heterocycles. The van der Waals surface area contributed by atoms with Crippen LogP contribution in [0.15, 0.2) is 21.5 Å². The lowest BCUT2D eigenvalue weighted by molar-refractivity contribution is -0.905. The average molecular weight is 345 g/mol. The number of fused-ring (bicyclic) bond motifs is 3. The Balaban J connectivity index is 1.34. The van der Waals surface area contributed by atoms with Crippen LogP contribution < -0.4 is 10.1 Å². The molecule has 3 fully saturated rings. The molecule has 0 aliphatic carbocycles. The summed E-state index contributed by atoms with van der Waals surface area (Å²) in [5.74, 6) is 0.847. The maximum absolute atomic E-state index is 12.7. The molecular weight excluding hydrogens is 326 g/mol. The molecule has 1 N–H and O–H groups in total. The van der Waals surface area contributed by atoms with Gasteiger partial charge in [-0.1, -0.05) is 0 Å². The monoisotopic (exact) mass is 345 g/mol. The smallest absolute Gasteiger partial charge is 0.305 e. The van der Waals surface area contributed by atoms with Crippen molar-refractivity contribution in [3.8, 4) is 5.88 Å². The first-order valence-corrected chi connectivity index (χ1v) is 8.47. The van der Waals surface area contributed by atoms with Gasteiger partial charge in [-0.25, -0.2) is 4.99 Å². The molecule has 3 saturated heterocycles. The third kappa shape index (κ3) is 2.34. The number of hydrogen-bond acceptors (Lipinski definition) is 8. The van der Waals surface area contributed by atoms with Crippen LogP contribution in [0.5, 0.6) is 5.88 Å². The number of pyridine rings is 1. The normalized spacial score (nSPS) is 33.5. The number of ether oxygens (including phenoxy) is 2. The first-order valence-electron chi connectivity index (χ1n) is 8.47. The van der Waals surface area contributed by atoms with E-state index in [0.717, 1.165) is 12.8 Å². The highest BCUT2D eigenvalue weighted by molar-refractivity contribution is 5.89. The van der Waals surface area contributed by atoms with Crippen molar-refractivity contribution in [3.05, 3.63) is 17.3 Å². The van der Waals surface area contributed by atoms with Crippen LogP contribution in [0.2, 0.25) is 0 Å². The molecule has 0 aromatic carbocycles. The van der Waals surface area contributed by atoms with Gasteiger partial charge in [0.05, 0.1) is 26.7 Å². The minimum absolute atomic E-state index is 0.161. The molecule has 6 rings (SSSR count). The van der Waals surface area contributed by atoms with Crippen molar-refractivity contribution in [3.63, 3.8) is 0 Å². The van der Waals surface area contributed by atoms with Crippen molar-refractivity contribution in [1.82, 2.24) is 9.97 Å². The highest BCUT2D eigenvalue weighted by Gasteiger charge is 2.56. The van der Waals surface area contributed by atoms with Crippen molar-refractivity contribution in [2.45, 2.75) is 18.4 Å². The maximum Gasteiger partial charge on any atom is 0.305 e. The quantitative estimate of drug-likeness (QED) is 0.649. The Labute approximate surface area is 143 Å². The van der Waals surface area contributed by atoms with Crippen LogP contribution in [0.4, 0.5) is 6.01 Å². The number of anilines is 1. The van der Waals surface area contributed by atoms with Crippen LogP contribution in [0.25, 0.3) is 11.2 Å². The molecule has 0 unspecified atom stereocenters. The fraction of sp³-hybridized carbons (Fsp3) is 0.562. The van der Waals surface area contributed by atoms with Gasteiger partial charge in [-0.3, -0.25) is 5.32 Å². The van der Waals surface area contributed by atoms with E-state index in [-0.39, 0.29) is 10.7 Å². The van der Waals surface area contributed by atoms with Crippen LogP contribution in [-0.4, -0.2) is 59.5 Å². The number of oxazole rings is 1. The van der Waals surface area contributed by atoms with Gasteiger partial charge >= 0.3 is 6.01 Å². The molecule has 132 valence electrons. The number of aromatic nitrogens is 2. The SMILES string of the molecule is COc1ccc2nc(NC3=NC[C@@]4(C[N+]5([O-])CCC4CC5)O3)oc2n1. The van der Waals surface area contributed by atoms with Gasteiger partial charge in [0.1, 0.15) is 12.1 Å². The van der Waals surface area contributed by atoms with Crippen LogP contribution in [0, 0.1) is 11.1 Å². The Bertz CT molecular complexity index is 857. The van der Waals surface area contributed by atoms with Gasteiger partial charge in [-0.15, -0.1) is 0 Å². The topological polar surface area (TPSA) is 105 Å². The molecule has 0 radical (unpaired) electrons. The van der Waals surface area contributed by atoms with Crippen molar-refractivity contribution in [1.29, 1.82) is 0 Å². The average Bonchev–Trinajstić information content (AvgIpc) is 3.18. The summed E-state index contributed by atoms with van der Waals surface area (Å²) in [5.41, 5.74) is 0.513. The lowest BCUT2D eigenvalue weighted by atomic mass is 9.75. The zero-order valence-corrected chi connectivity index (χ0v) is 13.9. The molecule has 9 heteroatoms. The number of rotatable bonds is 2. The number of aliphatic imine (C=N–C) groups is 1. The molecule has 25 heavy (non-hydrogen) atoms. The molecule has 4 aliphatic rings. The van der Waals surface area contributed by atoms with Gasteiger partial charge in [0.15, 0.2) is 5.60 Å². The second-order valence-electron chi connectivity index (χ2n) is 7.05. The van der Waals surface area contributed by atoms with Crippen LogP contribution >= 0.6 is 0 Å². The molecule has 1 spiro atoms. The number of hydrogen-bond donors (Lipinski definition) is 1. The van der Waals surface area contributed by atoms with Crippen LogP contribution in [-0.2, 0) is 4.74 Å². The molecule has 0 amide bonds. The minimum Gasteiger partial charge on any atom is -0.633 e. The molecule has 9 nitrogen and oxygen atoms in total. The van der Waals surface area contributed by atoms with Crippen LogP contribution in [0.1, 0.15) is 12.8 Å². The zero-order valence-electron chi connectivity index (χ0n) is 13.9. The zero-order chi connectivity index (χ0) is 17.1. The number of methoxy groups -OCH3 is 1. The van der Waals surface area contributed by atoms with Crippen molar-refractivity contribution in [2.24, 2.45) is 10.9 Å². The number of piperidine rings is 3. The molecule has 2 aromatic rings. The number of nitrogens with one attached hydrogen (secondary N) is 1. The third-order valence-electron chi connectivity index (χ3n) is 5.51. The fourth-order valence-electron chi connectivity index (χ4n) is 4.22. The lowest BCUT2D eigenvalue weighted by Gasteiger charge is -2.58. The Morgan fingerprint density at radius 1 is 1.32 bits per heavy atom. The Morgan fingerprint density at radius 2 is 2.16 bits per heavy atom. The highest BCUT2D eigenvalue weighted by Crippen LogP contribution is 2.44. The molecule has 0 saturated carbocycles. The van der Waals surface area contributed by atoms with E-state index in [2.05, 4.69) is 20.3 Å². The Kier molecular flexibility index (Phi) is 3.02. The summed E-state index contributed by atoms with van der Waals surface area (Å²) in [5, 5.41) is 15.6. The van der Waals surface area contributed by atoms with Crippen LogP contribution in [0.3, 0.4) is 0 Å². The van der Waals surface area contributed by atoms with E-state index >= 15 is 0 Å². The molecule has 2 bridgehead atoms. The standard InChI is InChI=1S/C16H19N5O4/c1-23-12-3-2-11-13(19-12)24-15(18-11)20-14-17-8-16(25-14)9-21(22)6-4-10(16)5-7-21/h2-3,10H,4-9H2,1H3,(H,17,18,20)/t10?,16-,21?/m0/s1. The number of quaternary nitrogens is 1. The molecule has 4 aliphatic heterocycles. The van der Waals surface area contributed by atoms with E-state index in [1.165, 1.54) is 0 Å². The van der Waals surface area contributed by atoms with Gasteiger partial charge in [0, 0.05) is 24.8 Å². The first kappa shape index (κ1) is 14.9. The Morgan fingerprint density at radius 3 is 2.92 bits per heavy atom. The van der Waals surface area contributed by atoms with Gasteiger partial charge in [0.2, 0.25) is 5.88 Å². The van der Waals surface area contributed by atoms with Crippen molar-refractivity contribution in [2.75, 3.05) is 38.6 Å². The summed E-state index contributed by atoms with van der Waals surface area (Å²) >= 11 is 0. The minimum atomic E-state index is -0.478. The van der Waals surface area contributed by atoms with E-state index in [9.17, 15) is 5.21 Å². The van der Waals surface area contributed by atoms with Gasteiger partial charge < -0.3 is 23.7 Å². The van der Waals surface area contributed by atoms with Gasteiger partial charge in [0.25, 0.3) is 11.7 Å². The first-order chi connectivity index (χ1) is 12.1. The molecular formula is C16H19N5O4. The van der Waals surface area contributed by atoms with Crippen molar-refractivity contribution >= 4 is 23.3 Å². The van der Waals surface area contributed by atoms with E-state index in [1.54, 1.807) is 19.2 Å². The summed E-state index contributed by atoms with van der Waals surface area (Å²) in [4.78, 5) is 13.0. The summed E-state index contributed by atoms with van der Waals surface area (Å²) in [6, 6.07) is 4.11. The second kappa shape index (κ2) is 5.06. The summed E-state index contributed by atoms with van der Waals surface area (Å²) in [6.45, 7) is 2.36. The lowest BCUT2D eigenvalue weighted by Crippen LogP contribution is -2.67. The largest absolute Gasteiger partial charge is 0.633 e. The second-order valence-corrected chi connectivity index (χ2v) is 7.05. The maximum atomic E-state index is 12.7. The highest BCUT2D eigenvalue weighted by atomic mass is 16.6. The van der Waals surface area contributed by atoms with E-state index in [4.69, 9.17) is 13.9 Å². The van der Waals surface area contributed by atoms with Crippen molar-refractivity contribution < 1.29 is 18.5 Å². The predicted octanol–water partition coefficient (Wildman–Crippen LogP) is 1.51. The van der Waals surface area contributed by atoms with E-state index < -0.39 is 5.60 Å².